The minimum atomic E-state index is -0.0433. The number of thiophene rings is 1. The molecular formula is C17H19NO2S. The van der Waals surface area contributed by atoms with E-state index in [1.54, 1.807) is 0 Å². The van der Waals surface area contributed by atoms with Gasteiger partial charge in [0.2, 0.25) is 0 Å². The Labute approximate surface area is 129 Å². The highest BCUT2D eigenvalue weighted by molar-refractivity contribution is 7.12. The summed E-state index contributed by atoms with van der Waals surface area (Å²) in [5, 5.41) is 1.94. The molecule has 1 aromatic heterocycles. The van der Waals surface area contributed by atoms with E-state index in [-0.39, 0.29) is 18.1 Å². The Bertz CT molecular complexity index is 606. The van der Waals surface area contributed by atoms with Crippen molar-refractivity contribution in [3.05, 3.63) is 57.8 Å². The second-order valence-corrected chi connectivity index (χ2v) is 6.48. The highest BCUT2D eigenvalue weighted by atomic mass is 32.1. The van der Waals surface area contributed by atoms with Crippen molar-refractivity contribution >= 4 is 17.2 Å². The van der Waals surface area contributed by atoms with Crippen LogP contribution < -0.4 is 0 Å². The summed E-state index contributed by atoms with van der Waals surface area (Å²) in [6, 6.07) is 12.2. The number of nitrogens with zero attached hydrogens (tertiary/aromatic N) is 1. The molecule has 1 aliphatic rings. The van der Waals surface area contributed by atoms with Gasteiger partial charge in [0.1, 0.15) is 6.10 Å². The summed E-state index contributed by atoms with van der Waals surface area (Å²) >= 11 is 1.49. The number of benzene rings is 1. The lowest BCUT2D eigenvalue weighted by Crippen LogP contribution is -2.45. The topological polar surface area (TPSA) is 29.5 Å². The summed E-state index contributed by atoms with van der Waals surface area (Å²) in [6.07, 6.45) is 0.00669. The normalized spacial score (nSPS) is 22.3. The molecule has 0 radical (unpaired) electrons. The Balaban J connectivity index is 1.78. The summed E-state index contributed by atoms with van der Waals surface area (Å²) in [4.78, 5) is 15.2. The molecule has 3 nitrogen and oxygen atoms in total. The molecule has 0 spiro atoms. The van der Waals surface area contributed by atoms with E-state index in [0.29, 0.717) is 13.1 Å². The molecular weight excluding hydrogens is 282 g/mol. The first-order valence-electron chi connectivity index (χ1n) is 7.18. The van der Waals surface area contributed by atoms with Crippen LogP contribution in [-0.2, 0) is 4.74 Å². The van der Waals surface area contributed by atoms with Crippen LogP contribution in [0.4, 0.5) is 0 Å². The molecule has 0 saturated carbocycles. The number of morpholine rings is 1. The lowest BCUT2D eigenvalue weighted by atomic mass is 10.0. The maximum atomic E-state index is 12.5. The van der Waals surface area contributed by atoms with Crippen molar-refractivity contribution in [1.29, 1.82) is 0 Å². The van der Waals surface area contributed by atoms with Gasteiger partial charge in [0.05, 0.1) is 17.5 Å². The van der Waals surface area contributed by atoms with Crippen LogP contribution in [0.2, 0.25) is 0 Å². The number of aryl methyl sites for hydroxylation is 1. The fraction of sp³-hybridized carbons (Fsp3) is 0.353. The molecule has 1 saturated heterocycles. The van der Waals surface area contributed by atoms with Crippen LogP contribution in [0.25, 0.3) is 0 Å². The van der Waals surface area contributed by atoms with Crippen molar-refractivity contribution in [1.82, 2.24) is 4.90 Å². The van der Waals surface area contributed by atoms with E-state index in [4.69, 9.17) is 4.74 Å². The number of rotatable bonds is 2. The van der Waals surface area contributed by atoms with Crippen molar-refractivity contribution in [2.24, 2.45) is 0 Å². The van der Waals surface area contributed by atoms with E-state index in [2.05, 4.69) is 31.2 Å². The molecule has 0 N–H and O–H groups in total. The molecule has 2 aromatic rings. The first kappa shape index (κ1) is 14.3. The van der Waals surface area contributed by atoms with Crippen molar-refractivity contribution in [2.75, 3.05) is 13.1 Å². The quantitative estimate of drug-likeness (QED) is 0.847. The lowest BCUT2D eigenvalue weighted by molar-refractivity contribution is -0.0690. The van der Waals surface area contributed by atoms with Gasteiger partial charge < -0.3 is 9.64 Å². The van der Waals surface area contributed by atoms with E-state index in [0.717, 1.165) is 10.4 Å². The van der Waals surface area contributed by atoms with E-state index in [1.807, 2.05) is 29.3 Å². The maximum absolute atomic E-state index is 12.5. The molecule has 2 heterocycles. The van der Waals surface area contributed by atoms with E-state index < -0.39 is 0 Å². The van der Waals surface area contributed by atoms with Gasteiger partial charge in [-0.05, 0) is 30.9 Å². The average Bonchev–Trinajstić information content (AvgIpc) is 3.00. The number of hydrogen-bond acceptors (Lipinski definition) is 3. The smallest absolute Gasteiger partial charge is 0.264 e. The van der Waals surface area contributed by atoms with E-state index in [1.165, 1.54) is 16.9 Å². The molecule has 0 aliphatic carbocycles. The molecule has 1 amide bonds. The second-order valence-electron chi connectivity index (χ2n) is 5.53. The van der Waals surface area contributed by atoms with Gasteiger partial charge in [-0.15, -0.1) is 11.3 Å². The van der Waals surface area contributed by atoms with Crippen LogP contribution in [0.3, 0.4) is 0 Å². The largest absolute Gasteiger partial charge is 0.367 e. The Hall–Kier alpha value is -1.65. The van der Waals surface area contributed by atoms with Gasteiger partial charge in [-0.2, -0.15) is 0 Å². The molecule has 0 bridgehead atoms. The zero-order chi connectivity index (χ0) is 14.8. The Morgan fingerprint density at radius 1 is 1.24 bits per heavy atom. The SMILES string of the molecule is Cc1ccc(C2CN(C(=O)c3cccs3)CC(C)O2)cc1. The lowest BCUT2D eigenvalue weighted by Gasteiger charge is -2.37. The first-order valence-corrected chi connectivity index (χ1v) is 8.06. The molecule has 21 heavy (non-hydrogen) atoms. The third-order valence-electron chi connectivity index (χ3n) is 3.73. The molecule has 3 rings (SSSR count). The molecule has 1 aromatic carbocycles. The summed E-state index contributed by atoms with van der Waals surface area (Å²) in [5.74, 6) is 0.109. The number of ether oxygens (including phenoxy) is 1. The van der Waals surface area contributed by atoms with Gasteiger partial charge in [-0.3, -0.25) is 4.79 Å². The minimum absolute atomic E-state index is 0.0433. The Morgan fingerprint density at radius 3 is 2.67 bits per heavy atom. The predicted octanol–water partition coefficient (Wildman–Crippen LogP) is 3.66. The molecule has 2 unspecified atom stereocenters. The molecule has 4 heteroatoms. The summed E-state index contributed by atoms with van der Waals surface area (Å²) in [5.41, 5.74) is 2.37. The van der Waals surface area contributed by atoms with Crippen molar-refractivity contribution < 1.29 is 9.53 Å². The van der Waals surface area contributed by atoms with Crippen LogP contribution in [0.5, 0.6) is 0 Å². The number of carbonyl (C=O) groups is 1. The number of carbonyl (C=O) groups excluding carboxylic acids is 1. The van der Waals surface area contributed by atoms with E-state index in [9.17, 15) is 4.79 Å². The van der Waals surface area contributed by atoms with Crippen LogP contribution in [-0.4, -0.2) is 30.0 Å². The number of amides is 1. The fourth-order valence-electron chi connectivity index (χ4n) is 2.64. The average molecular weight is 301 g/mol. The van der Waals surface area contributed by atoms with Gasteiger partial charge in [-0.25, -0.2) is 0 Å². The highest BCUT2D eigenvalue weighted by Gasteiger charge is 2.30. The highest BCUT2D eigenvalue weighted by Crippen LogP contribution is 2.27. The van der Waals surface area contributed by atoms with Crippen molar-refractivity contribution in [3.63, 3.8) is 0 Å². The first-order chi connectivity index (χ1) is 10.1. The molecule has 110 valence electrons. The van der Waals surface area contributed by atoms with E-state index >= 15 is 0 Å². The maximum Gasteiger partial charge on any atom is 0.264 e. The van der Waals surface area contributed by atoms with Gasteiger partial charge in [0.15, 0.2) is 0 Å². The zero-order valence-electron chi connectivity index (χ0n) is 12.3. The number of hydrogen-bond donors (Lipinski definition) is 0. The minimum Gasteiger partial charge on any atom is -0.367 e. The molecule has 1 fully saturated rings. The second kappa shape index (κ2) is 6.00. The van der Waals surface area contributed by atoms with Gasteiger partial charge in [-0.1, -0.05) is 35.9 Å². The third-order valence-corrected chi connectivity index (χ3v) is 4.59. The standard InChI is InChI=1S/C17H19NO2S/c1-12-5-7-14(8-6-12)15-11-18(10-13(2)20-15)17(19)16-4-3-9-21-16/h3-9,13,15H,10-11H2,1-2H3. The van der Waals surface area contributed by atoms with Gasteiger partial charge in [0.25, 0.3) is 5.91 Å². The van der Waals surface area contributed by atoms with Crippen molar-refractivity contribution in [2.45, 2.75) is 26.1 Å². The zero-order valence-corrected chi connectivity index (χ0v) is 13.1. The van der Waals surface area contributed by atoms with Crippen LogP contribution in [0.1, 0.15) is 33.8 Å². The summed E-state index contributed by atoms with van der Waals surface area (Å²) in [7, 11) is 0. The van der Waals surface area contributed by atoms with Gasteiger partial charge in [0, 0.05) is 6.54 Å². The Kier molecular flexibility index (Phi) is 4.08. The molecule has 2 atom stereocenters. The van der Waals surface area contributed by atoms with Gasteiger partial charge >= 0.3 is 0 Å². The van der Waals surface area contributed by atoms with Crippen LogP contribution in [0, 0.1) is 6.92 Å². The summed E-state index contributed by atoms with van der Waals surface area (Å²) < 4.78 is 6.02. The fourth-order valence-corrected chi connectivity index (χ4v) is 3.33. The third kappa shape index (κ3) is 3.17. The summed E-state index contributed by atoms with van der Waals surface area (Å²) in [6.45, 7) is 5.36. The molecule has 1 aliphatic heterocycles. The monoisotopic (exact) mass is 301 g/mol. The van der Waals surface area contributed by atoms with Crippen LogP contribution in [0.15, 0.2) is 41.8 Å². The van der Waals surface area contributed by atoms with Crippen LogP contribution >= 0.6 is 11.3 Å². The van der Waals surface area contributed by atoms with Crippen molar-refractivity contribution in [3.8, 4) is 0 Å². The Morgan fingerprint density at radius 2 is 2.00 bits per heavy atom. The predicted molar refractivity (Wildman–Crippen MR) is 84.7 cm³/mol.